The summed E-state index contributed by atoms with van der Waals surface area (Å²) in [6.07, 6.45) is 4.24. The Morgan fingerprint density at radius 1 is 1.33 bits per heavy atom. The van der Waals surface area contributed by atoms with Crippen LogP contribution in [0.4, 0.5) is 0 Å². The Kier molecular flexibility index (Phi) is 3.43. The second kappa shape index (κ2) is 4.60. The fourth-order valence-electron chi connectivity index (χ4n) is 1.91. The molecule has 1 aromatic rings. The van der Waals surface area contributed by atoms with Gasteiger partial charge in [-0.3, -0.25) is 4.98 Å². The summed E-state index contributed by atoms with van der Waals surface area (Å²) < 4.78 is 48.4. The summed E-state index contributed by atoms with van der Waals surface area (Å²) in [4.78, 5) is 3.86. The van der Waals surface area contributed by atoms with Crippen molar-refractivity contribution in [1.82, 2.24) is 9.29 Å². The second-order valence-corrected chi connectivity index (χ2v) is 8.56. The van der Waals surface area contributed by atoms with Crippen molar-refractivity contribution in [2.45, 2.75) is 16.6 Å². The van der Waals surface area contributed by atoms with Crippen LogP contribution in [0.2, 0.25) is 0 Å². The summed E-state index contributed by atoms with van der Waals surface area (Å²) in [5.41, 5.74) is 0. The lowest BCUT2D eigenvalue weighted by Crippen LogP contribution is -2.31. The third kappa shape index (κ3) is 2.55. The highest BCUT2D eigenvalue weighted by atomic mass is 32.2. The molecule has 0 aromatic carbocycles. The van der Waals surface area contributed by atoms with Gasteiger partial charge in [0.15, 0.2) is 9.84 Å². The molecule has 100 valence electrons. The Bertz CT molecular complexity index is 625. The Labute approximate surface area is 107 Å². The van der Waals surface area contributed by atoms with Crippen molar-refractivity contribution in [3.05, 3.63) is 24.5 Å². The number of pyridine rings is 1. The first-order chi connectivity index (χ1) is 8.32. The minimum absolute atomic E-state index is 0.0239. The van der Waals surface area contributed by atoms with Gasteiger partial charge in [0.1, 0.15) is 4.90 Å². The average Bonchev–Trinajstić information content (AvgIpc) is 2.79. The van der Waals surface area contributed by atoms with Gasteiger partial charge in [-0.1, -0.05) is 0 Å². The summed E-state index contributed by atoms with van der Waals surface area (Å²) in [6.45, 7) is 0.255. The van der Waals surface area contributed by atoms with Gasteiger partial charge in [-0.25, -0.2) is 16.8 Å². The summed E-state index contributed by atoms with van der Waals surface area (Å²) in [7, 11) is -6.83. The fraction of sp³-hybridized carbons (Fsp3) is 0.500. The summed E-state index contributed by atoms with van der Waals surface area (Å²) in [6, 6.07) is 2.99. The largest absolute Gasteiger partial charge is 0.263 e. The van der Waals surface area contributed by atoms with Crippen LogP contribution in [0, 0.1) is 0 Å². The van der Waals surface area contributed by atoms with E-state index in [-0.39, 0.29) is 18.0 Å². The molecule has 1 aliphatic heterocycles. The Balaban J connectivity index is 2.25. The van der Waals surface area contributed by atoms with E-state index in [4.69, 9.17) is 0 Å². The van der Waals surface area contributed by atoms with Gasteiger partial charge in [-0.05, 0) is 18.6 Å². The van der Waals surface area contributed by atoms with Crippen molar-refractivity contribution in [3.63, 3.8) is 0 Å². The maximum atomic E-state index is 12.2. The van der Waals surface area contributed by atoms with Crippen molar-refractivity contribution in [2.24, 2.45) is 0 Å². The summed E-state index contributed by atoms with van der Waals surface area (Å²) in [5, 5.41) is -0.607. The Morgan fingerprint density at radius 3 is 2.56 bits per heavy atom. The number of hydrogen-bond acceptors (Lipinski definition) is 5. The minimum Gasteiger partial charge on any atom is -0.263 e. The van der Waals surface area contributed by atoms with E-state index in [0.29, 0.717) is 6.42 Å². The first-order valence-corrected chi connectivity index (χ1v) is 8.80. The van der Waals surface area contributed by atoms with Gasteiger partial charge in [0.05, 0.1) is 5.25 Å². The molecule has 0 amide bonds. The number of hydrogen-bond donors (Lipinski definition) is 0. The van der Waals surface area contributed by atoms with Crippen molar-refractivity contribution < 1.29 is 16.8 Å². The molecule has 1 saturated heterocycles. The van der Waals surface area contributed by atoms with Crippen LogP contribution >= 0.6 is 0 Å². The van der Waals surface area contributed by atoms with Crippen molar-refractivity contribution in [1.29, 1.82) is 0 Å². The third-order valence-corrected chi connectivity index (χ3v) is 6.43. The highest BCUT2D eigenvalue weighted by Crippen LogP contribution is 2.23. The van der Waals surface area contributed by atoms with E-state index in [1.807, 2.05) is 0 Å². The zero-order valence-corrected chi connectivity index (χ0v) is 11.5. The van der Waals surface area contributed by atoms with Crippen molar-refractivity contribution >= 4 is 19.9 Å². The van der Waals surface area contributed by atoms with Crippen LogP contribution in [-0.4, -0.2) is 50.7 Å². The molecule has 0 N–H and O–H groups in total. The minimum atomic E-state index is -3.63. The molecule has 1 aromatic heterocycles. The molecule has 2 rings (SSSR count). The monoisotopic (exact) mass is 290 g/mol. The van der Waals surface area contributed by atoms with Crippen molar-refractivity contribution in [3.8, 4) is 0 Å². The maximum absolute atomic E-state index is 12.2. The molecule has 2 heterocycles. The first-order valence-electron chi connectivity index (χ1n) is 5.41. The van der Waals surface area contributed by atoms with Crippen LogP contribution in [0.25, 0.3) is 0 Å². The third-order valence-electron chi connectivity index (χ3n) is 2.99. The molecule has 6 nitrogen and oxygen atoms in total. The number of rotatable bonds is 3. The van der Waals surface area contributed by atoms with E-state index in [9.17, 15) is 16.8 Å². The van der Waals surface area contributed by atoms with Crippen LogP contribution in [0.5, 0.6) is 0 Å². The fourth-order valence-corrected chi connectivity index (χ4v) is 4.46. The van der Waals surface area contributed by atoms with Gasteiger partial charge in [-0.2, -0.15) is 4.31 Å². The smallest absolute Gasteiger partial charge is 0.244 e. The SMILES string of the molecule is CS(=O)(=O)[C@@H]1CCN(S(=O)(=O)c2cccnc2)C1. The molecule has 18 heavy (non-hydrogen) atoms. The van der Waals surface area contributed by atoms with Crippen LogP contribution in [0.3, 0.4) is 0 Å². The quantitative estimate of drug-likeness (QED) is 0.775. The molecular weight excluding hydrogens is 276 g/mol. The summed E-state index contributed by atoms with van der Waals surface area (Å²) >= 11 is 0. The van der Waals surface area contributed by atoms with E-state index < -0.39 is 25.1 Å². The normalized spacial score (nSPS) is 22.2. The molecule has 1 fully saturated rings. The molecule has 0 aliphatic carbocycles. The highest BCUT2D eigenvalue weighted by molar-refractivity contribution is 7.91. The standard InChI is InChI=1S/C10H14N2O4S2/c1-17(13,14)10-4-6-12(8-10)18(15,16)9-3-2-5-11-7-9/h2-3,5,7,10H,4,6,8H2,1H3/t10-/m1/s1. The van der Waals surface area contributed by atoms with Crippen LogP contribution < -0.4 is 0 Å². The molecule has 0 spiro atoms. The lowest BCUT2D eigenvalue weighted by atomic mass is 10.4. The van der Waals surface area contributed by atoms with Crippen molar-refractivity contribution in [2.75, 3.05) is 19.3 Å². The van der Waals surface area contributed by atoms with E-state index in [1.54, 1.807) is 0 Å². The zero-order chi connectivity index (χ0) is 13.4. The van der Waals surface area contributed by atoms with Gasteiger partial charge in [0, 0.05) is 31.7 Å². The number of nitrogens with zero attached hydrogens (tertiary/aromatic N) is 2. The molecule has 0 unspecified atom stereocenters. The maximum Gasteiger partial charge on any atom is 0.244 e. The average molecular weight is 290 g/mol. The van der Waals surface area contributed by atoms with Gasteiger partial charge in [-0.15, -0.1) is 0 Å². The zero-order valence-electron chi connectivity index (χ0n) is 9.85. The van der Waals surface area contributed by atoms with E-state index in [1.165, 1.54) is 28.8 Å². The van der Waals surface area contributed by atoms with Gasteiger partial charge in [0.2, 0.25) is 10.0 Å². The van der Waals surface area contributed by atoms with Crippen LogP contribution in [-0.2, 0) is 19.9 Å². The molecule has 1 aliphatic rings. The number of sulfone groups is 1. The van der Waals surface area contributed by atoms with Crippen LogP contribution in [0.15, 0.2) is 29.4 Å². The van der Waals surface area contributed by atoms with Gasteiger partial charge in [0.25, 0.3) is 0 Å². The number of sulfonamides is 1. The topological polar surface area (TPSA) is 84.4 Å². The lowest BCUT2D eigenvalue weighted by Gasteiger charge is -2.15. The van der Waals surface area contributed by atoms with E-state index in [2.05, 4.69) is 4.98 Å². The van der Waals surface area contributed by atoms with Gasteiger partial charge < -0.3 is 0 Å². The highest BCUT2D eigenvalue weighted by Gasteiger charge is 2.36. The number of aromatic nitrogens is 1. The predicted octanol–water partition coefficient (Wildman–Crippen LogP) is -0.111. The molecular formula is C10H14N2O4S2. The van der Waals surface area contributed by atoms with E-state index in [0.717, 1.165) is 6.26 Å². The molecule has 1 atom stereocenters. The first kappa shape index (κ1) is 13.4. The van der Waals surface area contributed by atoms with Gasteiger partial charge >= 0.3 is 0 Å². The Morgan fingerprint density at radius 2 is 2.06 bits per heavy atom. The second-order valence-electron chi connectivity index (χ2n) is 4.29. The Hall–Kier alpha value is -0.990. The van der Waals surface area contributed by atoms with Crippen LogP contribution in [0.1, 0.15) is 6.42 Å². The summed E-state index contributed by atoms with van der Waals surface area (Å²) in [5.74, 6) is 0. The van der Waals surface area contributed by atoms with E-state index >= 15 is 0 Å². The predicted molar refractivity (Wildman–Crippen MR) is 66.2 cm³/mol. The lowest BCUT2D eigenvalue weighted by molar-refractivity contribution is 0.476. The molecule has 0 saturated carbocycles. The molecule has 8 heteroatoms. The molecule has 0 radical (unpaired) electrons. The molecule has 0 bridgehead atoms.